The van der Waals surface area contributed by atoms with Gasteiger partial charge in [-0.3, -0.25) is 0 Å². The first-order valence-corrected chi connectivity index (χ1v) is 5.08. The Kier molecular flexibility index (Phi) is 2.42. The second-order valence-corrected chi connectivity index (χ2v) is 4.00. The summed E-state index contributed by atoms with van der Waals surface area (Å²) in [5.41, 5.74) is 2.27. The van der Waals surface area contributed by atoms with E-state index in [-0.39, 0.29) is 11.7 Å². The highest BCUT2D eigenvalue weighted by Gasteiger charge is 2.28. The van der Waals surface area contributed by atoms with Crippen LogP contribution < -0.4 is 10.1 Å². The molecule has 1 N–H and O–H groups in total. The molecule has 1 aromatic carbocycles. The molecule has 0 bridgehead atoms. The molecule has 74 valence electrons. The first-order chi connectivity index (χ1) is 6.76. The van der Waals surface area contributed by atoms with Crippen LogP contribution >= 0.6 is 9.24 Å². The van der Waals surface area contributed by atoms with Gasteiger partial charge < -0.3 is 14.8 Å². The molecule has 3 nitrogen and oxygen atoms in total. The first kappa shape index (κ1) is 9.47. The fourth-order valence-electron chi connectivity index (χ4n) is 1.66. The molecule has 0 saturated carbocycles. The minimum absolute atomic E-state index is 0.137. The summed E-state index contributed by atoms with van der Waals surface area (Å²) in [7, 11) is 4.32. The van der Waals surface area contributed by atoms with E-state index in [4.69, 9.17) is 4.74 Å². The second-order valence-electron chi connectivity index (χ2n) is 3.29. The number of benzene rings is 1. The summed E-state index contributed by atoms with van der Waals surface area (Å²) < 4.78 is 5.13. The Bertz CT molecular complexity index is 367. The molecule has 3 atom stereocenters. The third-order valence-electron chi connectivity index (χ3n) is 2.47. The lowest BCUT2D eigenvalue weighted by atomic mass is 10.1. The minimum atomic E-state index is -0.137. The molecule has 0 radical (unpaired) electrons. The van der Waals surface area contributed by atoms with Crippen molar-refractivity contribution in [1.29, 1.82) is 0 Å². The standard InChI is InChI=1S/C10H12NO2P/c1-13-6-2-3-8-7(4-6)10(14)9(5-12)11-8/h2-5,9-11H,14H2,1H3. The van der Waals surface area contributed by atoms with Gasteiger partial charge in [0.15, 0.2) is 0 Å². The number of carbonyl (C=O) groups excluding carboxylic acids is 1. The molecular formula is C10H12NO2P. The van der Waals surface area contributed by atoms with Crippen molar-refractivity contribution < 1.29 is 9.53 Å². The van der Waals surface area contributed by atoms with Gasteiger partial charge in [0.2, 0.25) is 0 Å². The highest BCUT2D eigenvalue weighted by atomic mass is 31.0. The van der Waals surface area contributed by atoms with Crippen molar-refractivity contribution in [3.63, 3.8) is 0 Å². The number of anilines is 1. The topological polar surface area (TPSA) is 38.3 Å². The Morgan fingerprint density at radius 2 is 2.36 bits per heavy atom. The molecule has 1 aliphatic rings. The number of carbonyl (C=O) groups is 1. The van der Waals surface area contributed by atoms with E-state index in [0.717, 1.165) is 23.3 Å². The number of hydrogen-bond donors (Lipinski definition) is 1. The molecule has 4 heteroatoms. The Balaban J connectivity index is 2.39. The van der Waals surface area contributed by atoms with Gasteiger partial charge in [0.25, 0.3) is 0 Å². The van der Waals surface area contributed by atoms with Crippen LogP contribution in [0.2, 0.25) is 0 Å². The molecule has 0 amide bonds. The van der Waals surface area contributed by atoms with Crippen LogP contribution in [0.15, 0.2) is 18.2 Å². The predicted octanol–water partition coefficient (Wildman–Crippen LogP) is 1.60. The predicted molar refractivity (Wildman–Crippen MR) is 58.9 cm³/mol. The first-order valence-electron chi connectivity index (χ1n) is 4.41. The highest BCUT2D eigenvalue weighted by molar-refractivity contribution is 7.17. The summed E-state index contributed by atoms with van der Waals surface area (Å²) >= 11 is 0. The average Bonchev–Trinajstić information content (AvgIpc) is 2.55. The van der Waals surface area contributed by atoms with E-state index in [2.05, 4.69) is 14.6 Å². The van der Waals surface area contributed by atoms with Crippen LogP contribution in [0.3, 0.4) is 0 Å². The van der Waals surface area contributed by atoms with Crippen LogP contribution in [0.1, 0.15) is 11.2 Å². The fraction of sp³-hybridized carbons (Fsp3) is 0.300. The van der Waals surface area contributed by atoms with Crippen LogP contribution in [0.4, 0.5) is 5.69 Å². The molecule has 14 heavy (non-hydrogen) atoms. The van der Waals surface area contributed by atoms with Crippen molar-refractivity contribution in [2.45, 2.75) is 11.7 Å². The number of fused-ring (bicyclic) bond motifs is 1. The van der Waals surface area contributed by atoms with Gasteiger partial charge in [-0.25, -0.2) is 0 Å². The normalized spacial score (nSPS) is 23.9. The van der Waals surface area contributed by atoms with Crippen molar-refractivity contribution in [2.24, 2.45) is 0 Å². The monoisotopic (exact) mass is 209 g/mol. The summed E-state index contributed by atoms with van der Waals surface area (Å²) in [5, 5.41) is 3.14. The van der Waals surface area contributed by atoms with Crippen molar-refractivity contribution >= 4 is 21.2 Å². The zero-order valence-electron chi connectivity index (χ0n) is 7.86. The Hall–Kier alpha value is -1.08. The van der Waals surface area contributed by atoms with Gasteiger partial charge in [-0.05, 0) is 23.8 Å². The van der Waals surface area contributed by atoms with Gasteiger partial charge in [-0.15, -0.1) is 9.24 Å². The van der Waals surface area contributed by atoms with Crippen LogP contribution in [-0.2, 0) is 4.79 Å². The maximum atomic E-state index is 10.7. The Morgan fingerprint density at radius 3 is 3.00 bits per heavy atom. The lowest BCUT2D eigenvalue weighted by Gasteiger charge is -2.07. The van der Waals surface area contributed by atoms with Gasteiger partial charge in [-0.2, -0.15) is 0 Å². The summed E-state index contributed by atoms with van der Waals surface area (Å²) in [6, 6.07) is 5.65. The third-order valence-corrected chi connectivity index (χ3v) is 3.25. The van der Waals surface area contributed by atoms with E-state index in [1.165, 1.54) is 0 Å². The molecular weight excluding hydrogens is 197 g/mol. The highest BCUT2D eigenvalue weighted by Crippen LogP contribution is 2.41. The maximum Gasteiger partial charge on any atom is 0.143 e. The Labute approximate surface area is 85.0 Å². The molecule has 1 aromatic rings. The van der Waals surface area contributed by atoms with E-state index in [0.29, 0.717) is 0 Å². The molecule has 1 aliphatic heterocycles. The Morgan fingerprint density at radius 1 is 1.57 bits per heavy atom. The zero-order chi connectivity index (χ0) is 10.1. The van der Waals surface area contributed by atoms with Gasteiger partial charge in [0.1, 0.15) is 12.0 Å². The number of rotatable bonds is 2. The quantitative estimate of drug-likeness (QED) is 0.594. The molecule has 0 saturated heterocycles. The van der Waals surface area contributed by atoms with Crippen molar-refractivity contribution in [2.75, 3.05) is 12.4 Å². The second kappa shape index (κ2) is 3.58. The van der Waals surface area contributed by atoms with Crippen LogP contribution in [-0.4, -0.2) is 19.4 Å². The smallest absolute Gasteiger partial charge is 0.143 e. The van der Waals surface area contributed by atoms with E-state index in [9.17, 15) is 4.79 Å². The SMILES string of the molecule is COc1ccc2c(c1)C(P)C(C=O)N2. The van der Waals surface area contributed by atoms with Gasteiger partial charge >= 0.3 is 0 Å². The van der Waals surface area contributed by atoms with Crippen LogP contribution in [0, 0.1) is 0 Å². The lowest BCUT2D eigenvalue weighted by Crippen LogP contribution is -2.18. The average molecular weight is 209 g/mol. The number of methoxy groups -OCH3 is 1. The van der Waals surface area contributed by atoms with Gasteiger partial charge in [0.05, 0.1) is 13.2 Å². The zero-order valence-corrected chi connectivity index (χ0v) is 9.01. The largest absolute Gasteiger partial charge is 0.497 e. The van der Waals surface area contributed by atoms with E-state index >= 15 is 0 Å². The molecule has 3 unspecified atom stereocenters. The summed E-state index contributed by atoms with van der Waals surface area (Å²) in [4.78, 5) is 10.7. The van der Waals surface area contributed by atoms with E-state index < -0.39 is 0 Å². The van der Waals surface area contributed by atoms with Crippen LogP contribution in [0.5, 0.6) is 5.75 Å². The van der Waals surface area contributed by atoms with Crippen molar-refractivity contribution in [3.8, 4) is 5.75 Å². The van der Waals surface area contributed by atoms with Gasteiger partial charge in [-0.1, -0.05) is 0 Å². The summed E-state index contributed by atoms with van der Waals surface area (Å²) in [5.74, 6) is 0.824. The van der Waals surface area contributed by atoms with Gasteiger partial charge in [0, 0.05) is 11.3 Å². The molecule has 0 aliphatic carbocycles. The summed E-state index contributed by atoms with van der Waals surface area (Å²) in [6.07, 6.45) is 0.935. The fourth-order valence-corrected chi connectivity index (χ4v) is 2.12. The lowest BCUT2D eigenvalue weighted by molar-refractivity contribution is -0.108. The summed E-state index contributed by atoms with van der Waals surface area (Å²) in [6.45, 7) is 0. The van der Waals surface area contributed by atoms with Crippen LogP contribution in [0.25, 0.3) is 0 Å². The molecule has 0 aromatic heterocycles. The number of hydrogen-bond acceptors (Lipinski definition) is 3. The minimum Gasteiger partial charge on any atom is -0.497 e. The van der Waals surface area contributed by atoms with Crippen molar-refractivity contribution in [3.05, 3.63) is 23.8 Å². The molecule has 0 spiro atoms. The molecule has 1 heterocycles. The maximum absolute atomic E-state index is 10.7. The third kappa shape index (κ3) is 1.38. The number of ether oxygens (including phenoxy) is 1. The number of nitrogens with one attached hydrogen (secondary N) is 1. The van der Waals surface area contributed by atoms with Crippen molar-refractivity contribution in [1.82, 2.24) is 0 Å². The number of aldehydes is 1. The molecule has 0 fully saturated rings. The van der Waals surface area contributed by atoms with E-state index in [1.807, 2.05) is 18.2 Å². The molecule has 2 rings (SSSR count). The van der Waals surface area contributed by atoms with E-state index in [1.54, 1.807) is 7.11 Å².